The maximum absolute atomic E-state index is 3.18. The van der Waals surface area contributed by atoms with Crippen LogP contribution in [0.15, 0.2) is 60.7 Å². The van der Waals surface area contributed by atoms with Crippen molar-refractivity contribution in [3.8, 4) is 0 Å². The van der Waals surface area contributed by atoms with Gasteiger partial charge in [-0.1, -0.05) is 60.7 Å². The third kappa shape index (κ3) is 3.95. The number of nitrogens with one attached hydrogen (secondary N) is 1. The first kappa shape index (κ1) is 15.5. The van der Waals surface area contributed by atoms with Crippen LogP contribution in [0, 0.1) is 6.92 Å². The van der Waals surface area contributed by atoms with Gasteiger partial charge in [-0.05, 0) is 36.2 Å². The molecule has 0 radical (unpaired) electrons. The van der Waals surface area contributed by atoms with E-state index in [-0.39, 0.29) is 12.4 Å². The zero-order valence-electron chi connectivity index (χ0n) is 11.4. The smallest absolute Gasteiger partial charge is 0.0141 e. The minimum absolute atomic E-state index is 0. The molecule has 1 nitrogen and oxygen atoms in total. The van der Waals surface area contributed by atoms with Crippen LogP contribution in [0.1, 0.15) is 16.7 Å². The van der Waals surface area contributed by atoms with Gasteiger partial charge >= 0.3 is 0 Å². The van der Waals surface area contributed by atoms with Crippen molar-refractivity contribution in [2.45, 2.75) is 6.92 Å². The Bertz CT molecular complexity index is 532. The van der Waals surface area contributed by atoms with Gasteiger partial charge in [0.15, 0.2) is 0 Å². The van der Waals surface area contributed by atoms with E-state index in [0.29, 0.717) is 0 Å². The van der Waals surface area contributed by atoms with Crippen molar-refractivity contribution in [1.29, 1.82) is 0 Å². The van der Waals surface area contributed by atoms with Crippen LogP contribution in [-0.2, 0) is 0 Å². The van der Waals surface area contributed by atoms with E-state index >= 15 is 0 Å². The number of hydrogen-bond acceptors (Lipinski definition) is 1. The normalized spacial score (nSPS) is 10.9. The standard InChI is InChI=1S/C17H19N.ClH/c1-14-8-6-7-11-16(14)17(12-13-18-2)15-9-4-3-5-10-15;/h3-12,18H,13H2,1-2H3;1H/b17-12+;. The lowest BCUT2D eigenvalue weighted by molar-refractivity contribution is 0.920. The Morgan fingerprint density at radius 1 is 1.00 bits per heavy atom. The summed E-state index contributed by atoms with van der Waals surface area (Å²) in [6.07, 6.45) is 2.25. The summed E-state index contributed by atoms with van der Waals surface area (Å²) in [5.74, 6) is 0. The first-order chi connectivity index (χ1) is 8.83. The maximum Gasteiger partial charge on any atom is 0.0141 e. The Balaban J connectivity index is 0.00000180. The summed E-state index contributed by atoms with van der Waals surface area (Å²) in [6, 6.07) is 19.1. The van der Waals surface area contributed by atoms with Crippen LogP contribution in [0.25, 0.3) is 5.57 Å². The lowest BCUT2D eigenvalue weighted by atomic mass is 9.94. The van der Waals surface area contributed by atoms with Gasteiger partial charge in [0.25, 0.3) is 0 Å². The number of likely N-dealkylation sites (N-methyl/N-ethyl adjacent to an activating group) is 1. The first-order valence-electron chi connectivity index (χ1n) is 6.29. The quantitative estimate of drug-likeness (QED) is 0.886. The molecule has 0 heterocycles. The van der Waals surface area contributed by atoms with Crippen LogP contribution in [0.3, 0.4) is 0 Å². The fraction of sp³-hybridized carbons (Fsp3) is 0.176. The van der Waals surface area contributed by atoms with Crippen molar-refractivity contribution in [3.05, 3.63) is 77.4 Å². The van der Waals surface area contributed by atoms with E-state index in [1.54, 1.807) is 0 Å². The minimum Gasteiger partial charge on any atom is -0.316 e. The number of rotatable bonds is 4. The summed E-state index contributed by atoms with van der Waals surface area (Å²) in [5, 5.41) is 3.18. The van der Waals surface area contributed by atoms with Gasteiger partial charge in [-0.2, -0.15) is 0 Å². The Labute approximate surface area is 121 Å². The largest absolute Gasteiger partial charge is 0.316 e. The maximum atomic E-state index is 3.18. The number of halogens is 1. The highest BCUT2D eigenvalue weighted by Gasteiger charge is 2.06. The molecule has 0 aliphatic heterocycles. The van der Waals surface area contributed by atoms with E-state index in [4.69, 9.17) is 0 Å². The van der Waals surface area contributed by atoms with Gasteiger partial charge in [0.05, 0.1) is 0 Å². The zero-order valence-corrected chi connectivity index (χ0v) is 12.2. The molecule has 100 valence electrons. The van der Waals surface area contributed by atoms with Gasteiger partial charge < -0.3 is 5.32 Å². The average molecular weight is 274 g/mol. The topological polar surface area (TPSA) is 12.0 Å². The van der Waals surface area contributed by atoms with Crippen LogP contribution in [0.5, 0.6) is 0 Å². The predicted molar refractivity (Wildman–Crippen MR) is 85.9 cm³/mol. The molecule has 19 heavy (non-hydrogen) atoms. The summed E-state index contributed by atoms with van der Waals surface area (Å²) in [7, 11) is 1.97. The van der Waals surface area contributed by atoms with Gasteiger partial charge in [-0.15, -0.1) is 12.4 Å². The molecule has 0 atom stereocenters. The molecule has 0 aliphatic rings. The molecule has 0 fully saturated rings. The Morgan fingerprint density at radius 2 is 1.63 bits per heavy atom. The molecule has 0 bridgehead atoms. The van der Waals surface area contributed by atoms with Crippen LogP contribution >= 0.6 is 12.4 Å². The Hall–Kier alpha value is -1.57. The van der Waals surface area contributed by atoms with E-state index in [1.165, 1.54) is 22.3 Å². The molecule has 0 aromatic heterocycles. The molecule has 0 aliphatic carbocycles. The molecule has 2 aromatic rings. The second kappa shape index (κ2) is 7.78. The first-order valence-corrected chi connectivity index (χ1v) is 6.29. The van der Waals surface area contributed by atoms with E-state index in [1.807, 2.05) is 7.05 Å². The third-order valence-electron chi connectivity index (χ3n) is 3.03. The molecule has 0 spiro atoms. The van der Waals surface area contributed by atoms with Crippen molar-refractivity contribution >= 4 is 18.0 Å². The lowest BCUT2D eigenvalue weighted by Crippen LogP contribution is -2.05. The van der Waals surface area contributed by atoms with Crippen molar-refractivity contribution in [2.75, 3.05) is 13.6 Å². The third-order valence-corrected chi connectivity index (χ3v) is 3.03. The van der Waals surface area contributed by atoms with Gasteiger partial charge in [0.2, 0.25) is 0 Å². The molecule has 0 amide bonds. The molecule has 1 N–H and O–H groups in total. The highest BCUT2D eigenvalue weighted by Crippen LogP contribution is 2.25. The van der Waals surface area contributed by atoms with E-state index in [9.17, 15) is 0 Å². The molecule has 2 rings (SSSR count). The van der Waals surface area contributed by atoms with Gasteiger partial charge in [0, 0.05) is 6.54 Å². The van der Waals surface area contributed by atoms with Crippen LogP contribution < -0.4 is 5.32 Å². The van der Waals surface area contributed by atoms with E-state index in [2.05, 4.69) is 72.9 Å². The number of aryl methyl sites for hydroxylation is 1. The fourth-order valence-corrected chi connectivity index (χ4v) is 2.08. The van der Waals surface area contributed by atoms with E-state index in [0.717, 1.165) is 6.54 Å². The van der Waals surface area contributed by atoms with Crippen molar-refractivity contribution in [2.24, 2.45) is 0 Å². The minimum atomic E-state index is 0. The molecule has 0 unspecified atom stereocenters. The molecule has 0 saturated heterocycles. The van der Waals surface area contributed by atoms with Crippen molar-refractivity contribution in [1.82, 2.24) is 5.32 Å². The average Bonchev–Trinajstić information content (AvgIpc) is 2.42. The van der Waals surface area contributed by atoms with Gasteiger partial charge in [-0.25, -0.2) is 0 Å². The lowest BCUT2D eigenvalue weighted by Gasteiger charge is -2.11. The predicted octanol–water partition coefficient (Wildman–Crippen LogP) is 4.07. The summed E-state index contributed by atoms with van der Waals surface area (Å²) in [6.45, 7) is 3.03. The molecular weight excluding hydrogens is 254 g/mol. The SMILES string of the molecule is CNC/C=C(\c1ccccc1)c1ccccc1C.Cl. The fourth-order valence-electron chi connectivity index (χ4n) is 2.08. The molecular formula is C17H20ClN. The molecule has 0 saturated carbocycles. The number of hydrogen-bond donors (Lipinski definition) is 1. The highest BCUT2D eigenvalue weighted by atomic mass is 35.5. The van der Waals surface area contributed by atoms with Crippen molar-refractivity contribution in [3.63, 3.8) is 0 Å². The van der Waals surface area contributed by atoms with E-state index < -0.39 is 0 Å². The number of benzene rings is 2. The van der Waals surface area contributed by atoms with Crippen molar-refractivity contribution < 1.29 is 0 Å². The van der Waals surface area contributed by atoms with Crippen LogP contribution in [0.4, 0.5) is 0 Å². The molecule has 2 aromatic carbocycles. The summed E-state index contributed by atoms with van der Waals surface area (Å²) >= 11 is 0. The van der Waals surface area contributed by atoms with Crippen LogP contribution in [-0.4, -0.2) is 13.6 Å². The highest BCUT2D eigenvalue weighted by molar-refractivity contribution is 5.85. The Morgan fingerprint density at radius 3 is 2.26 bits per heavy atom. The zero-order chi connectivity index (χ0) is 12.8. The summed E-state index contributed by atoms with van der Waals surface area (Å²) < 4.78 is 0. The Kier molecular flexibility index (Phi) is 6.34. The second-order valence-electron chi connectivity index (χ2n) is 4.36. The molecule has 2 heteroatoms. The summed E-state index contributed by atoms with van der Waals surface area (Å²) in [4.78, 5) is 0. The van der Waals surface area contributed by atoms with Gasteiger partial charge in [0.1, 0.15) is 0 Å². The monoisotopic (exact) mass is 273 g/mol. The van der Waals surface area contributed by atoms with Gasteiger partial charge in [-0.3, -0.25) is 0 Å². The second-order valence-corrected chi connectivity index (χ2v) is 4.36. The van der Waals surface area contributed by atoms with Crippen LogP contribution in [0.2, 0.25) is 0 Å². The summed E-state index contributed by atoms with van der Waals surface area (Å²) in [5.41, 5.74) is 5.17.